The van der Waals surface area contributed by atoms with Crippen molar-refractivity contribution in [2.75, 3.05) is 57.7 Å². The Bertz CT molecular complexity index is 1360. The number of anilines is 1. The van der Waals surface area contributed by atoms with Crippen molar-refractivity contribution in [3.8, 4) is 0 Å². The van der Waals surface area contributed by atoms with Crippen LogP contribution in [0.25, 0.3) is 0 Å². The van der Waals surface area contributed by atoms with Gasteiger partial charge >= 0.3 is 12.1 Å². The monoisotopic (exact) mass is 671 g/mol. The average molecular weight is 673 g/mol. The fourth-order valence-corrected chi connectivity index (χ4v) is 7.23. The van der Waals surface area contributed by atoms with E-state index in [1.165, 1.54) is 0 Å². The number of halogens is 2. The second kappa shape index (κ2) is 16.2. The first kappa shape index (κ1) is 34.3. The summed E-state index contributed by atoms with van der Waals surface area (Å²) in [6.07, 6.45) is 3.84. The molecule has 0 spiro atoms. The maximum Gasteiger partial charge on any atom is 0.410 e. The van der Waals surface area contributed by atoms with Gasteiger partial charge in [-0.2, -0.15) is 0 Å². The molecule has 2 aromatic carbocycles. The van der Waals surface area contributed by atoms with Crippen molar-refractivity contribution >= 4 is 46.9 Å². The lowest BCUT2D eigenvalue weighted by molar-refractivity contribution is -0.142. The molecule has 46 heavy (non-hydrogen) atoms. The fraction of sp³-hybridized carbons (Fsp3) is 0.571. The average Bonchev–Trinajstić information content (AvgIpc) is 3.24. The quantitative estimate of drug-likeness (QED) is 0.309. The summed E-state index contributed by atoms with van der Waals surface area (Å²) in [6, 6.07) is 13.1. The largest absolute Gasteiger partial charge is 0.436 e. The van der Waals surface area contributed by atoms with Crippen molar-refractivity contribution in [1.82, 2.24) is 19.6 Å². The van der Waals surface area contributed by atoms with Gasteiger partial charge in [-0.15, -0.1) is 0 Å². The van der Waals surface area contributed by atoms with E-state index in [0.717, 1.165) is 62.1 Å². The van der Waals surface area contributed by atoms with Crippen molar-refractivity contribution in [2.24, 2.45) is 5.92 Å². The molecule has 1 atom stereocenters. The van der Waals surface area contributed by atoms with Crippen molar-refractivity contribution in [3.05, 3.63) is 63.6 Å². The topological polar surface area (TPSA) is 85.4 Å². The van der Waals surface area contributed by atoms with Gasteiger partial charge in [0.2, 0.25) is 0 Å². The molecule has 2 aromatic rings. The van der Waals surface area contributed by atoms with Gasteiger partial charge in [-0.3, -0.25) is 4.79 Å². The van der Waals surface area contributed by atoms with Crippen LogP contribution >= 0.6 is 23.2 Å². The Balaban J connectivity index is 1.18. The lowest BCUT2D eigenvalue weighted by Gasteiger charge is -2.38. The molecule has 5 rings (SSSR count). The zero-order chi connectivity index (χ0) is 32.6. The summed E-state index contributed by atoms with van der Waals surface area (Å²) in [5, 5.41) is 3.87. The van der Waals surface area contributed by atoms with E-state index in [9.17, 15) is 14.4 Å². The van der Waals surface area contributed by atoms with Crippen LogP contribution in [0.4, 0.5) is 15.3 Å². The highest BCUT2D eigenvalue weighted by molar-refractivity contribution is 6.42. The van der Waals surface area contributed by atoms with Gasteiger partial charge in [0.1, 0.15) is 0 Å². The van der Waals surface area contributed by atoms with Gasteiger partial charge in [-0.1, -0.05) is 61.3 Å². The number of fused-ring (bicyclic) bond motifs is 1. The van der Waals surface area contributed by atoms with E-state index in [0.29, 0.717) is 61.5 Å². The van der Waals surface area contributed by atoms with Gasteiger partial charge in [0, 0.05) is 50.9 Å². The van der Waals surface area contributed by atoms with Gasteiger partial charge in [0.15, 0.2) is 6.10 Å². The van der Waals surface area contributed by atoms with Crippen LogP contribution in [0.1, 0.15) is 57.1 Å². The van der Waals surface area contributed by atoms with Crippen molar-refractivity contribution in [1.29, 1.82) is 0 Å². The first-order chi connectivity index (χ1) is 22.2. The molecule has 4 amide bonds. The van der Waals surface area contributed by atoms with E-state index in [-0.39, 0.29) is 24.4 Å². The molecule has 0 aromatic heterocycles. The standard InChI is InChI=1S/C35H47Cl2N5O4/c1-3-39(4-2)17-11-25-12-18-40(19-13-25)33(43)32(24-26-9-10-29(36)30(37)23-26)46-35(45)41-20-15-28(16-21-41)42-22-14-27-7-5-6-8-31(27)38-34(42)44/h5-10,23,25,28,32H,3-4,11-22,24H2,1-2H3,(H,38,44). The molecule has 2 fully saturated rings. The molecule has 1 N–H and O–H groups in total. The summed E-state index contributed by atoms with van der Waals surface area (Å²) >= 11 is 12.4. The number of ether oxygens (including phenoxy) is 1. The Labute approximate surface area is 283 Å². The summed E-state index contributed by atoms with van der Waals surface area (Å²) in [6.45, 7) is 10.4. The maximum absolute atomic E-state index is 13.9. The van der Waals surface area contributed by atoms with E-state index in [1.807, 2.05) is 40.1 Å². The van der Waals surface area contributed by atoms with E-state index in [2.05, 4.69) is 24.1 Å². The van der Waals surface area contributed by atoms with Gasteiger partial charge < -0.3 is 29.7 Å². The first-order valence-corrected chi connectivity index (χ1v) is 17.6. The minimum atomic E-state index is -0.968. The Hall–Kier alpha value is -3.01. The summed E-state index contributed by atoms with van der Waals surface area (Å²) < 4.78 is 6.00. The van der Waals surface area contributed by atoms with Crippen LogP contribution in [0.2, 0.25) is 10.0 Å². The van der Waals surface area contributed by atoms with E-state index >= 15 is 0 Å². The number of benzene rings is 2. The highest BCUT2D eigenvalue weighted by Crippen LogP contribution is 2.27. The van der Waals surface area contributed by atoms with Gasteiger partial charge in [0.25, 0.3) is 5.91 Å². The minimum absolute atomic E-state index is 0.0232. The van der Waals surface area contributed by atoms with Crippen LogP contribution in [0.3, 0.4) is 0 Å². The van der Waals surface area contributed by atoms with Crippen LogP contribution in [-0.4, -0.2) is 102 Å². The molecule has 2 saturated heterocycles. The molecular formula is C35H47Cl2N5O4. The summed E-state index contributed by atoms with van der Waals surface area (Å²) in [5.74, 6) is 0.416. The number of rotatable bonds is 10. The number of nitrogens with zero attached hydrogens (tertiary/aromatic N) is 4. The number of nitrogens with one attached hydrogen (secondary N) is 1. The SMILES string of the molecule is CCN(CC)CCC1CCN(C(=O)C(Cc2ccc(Cl)c(Cl)c2)OC(=O)N2CCC(N3CCc4ccccc4NC3=O)CC2)CC1. The maximum atomic E-state index is 13.9. The molecule has 0 bridgehead atoms. The van der Waals surface area contributed by atoms with Crippen LogP contribution in [0.15, 0.2) is 42.5 Å². The predicted molar refractivity (Wildman–Crippen MR) is 183 cm³/mol. The van der Waals surface area contributed by atoms with E-state index in [4.69, 9.17) is 27.9 Å². The van der Waals surface area contributed by atoms with Crippen LogP contribution in [-0.2, 0) is 22.4 Å². The molecule has 0 aliphatic carbocycles. The zero-order valence-electron chi connectivity index (χ0n) is 27.1. The van der Waals surface area contributed by atoms with E-state index < -0.39 is 12.2 Å². The summed E-state index contributed by atoms with van der Waals surface area (Å²) in [4.78, 5) is 48.3. The summed E-state index contributed by atoms with van der Waals surface area (Å²) in [5.41, 5.74) is 2.76. The number of hydrogen-bond acceptors (Lipinski definition) is 5. The molecule has 11 heteroatoms. The van der Waals surface area contributed by atoms with Crippen molar-refractivity contribution < 1.29 is 19.1 Å². The molecule has 0 saturated carbocycles. The Morgan fingerprint density at radius 2 is 1.63 bits per heavy atom. The molecule has 3 aliphatic rings. The third-order valence-corrected chi connectivity index (χ3v) is 10.6. The number of likely N-dealkylation sites (tertiary alicyclic amines) is 2. The third-order valence-electron chi connectivity index (χ3n) is 9.90. The molecule has 250 valence electrons. The molecular weight excluding hydrogens is 625 g/mol. The summed E-state index contributed by atoms with van der Waals surface area (Å²) in [7, 11) is 0. The van der Waals surface area contributed by atoms with Gasteiger partial charge in [-0.05, 0) is 93.4 Å². The number of carbonyl (C=O) groups is 3. The van der Waals surface area contributed by atoms with Gasteiger partial charge in [-0.25, -0.2) is 9.59 Å². The number of hydrogen-bond donors (Lipinski definition) is 1. The Morgan fingerprint density at radius 1 is 0.935 bits per heavy atom. The fourth-order valence-electron chi connectivity index (χ4n) is 6.91. The molecule has 1 unspecified atom stereocenters. The zero-order valence-corrected chi connectivity index (χ0v) is 28.6. The highest BCUT2D eigenvalue weighted by atomic mass is 35.5. The lowest BCUT2D eigenvalue weighted by Crippen LogP contribution is -2.51. The smallest absolute Gasteiger partial charge is 0.410 e. The molecule has 0 radical (unpaired) electrons. The highest BCUT2D eigenvalue weighted by Gasteiger charge is 2.35. The Kier molecular flexibility index (Phi) is 12.1. The number of piperidine rings is 2. The van der Waals surface area contributed by atoms with Crippen LogP contribution < -0.4 is 5.32 Å². The third kappa shape index (κ3) is 8.66. The van der Waals surface area contributed by atoms with E-state index in [1.54, 1.807) is 17.0 Å². The molecule has 3 aliphatic heterocycles. The van der Waals surface area contributed by atoms with Crippen LogP contribution in [0, 0.1) is 5.92 Å². The Morgan fingerprint density at radius 3 is 2.33 bits per heavy atom. The second-order valence-corrected chi connectivity index (χ2v) is 13.5. The van der Waals surface area contributed by atoms with Crippen molar-refractivity contribution in [3.63, 3.8) is 0 Å². The second-order valence-electron chi connectivity index (χ2n) is 12.7. The molecule has 3 heterocycles. The first-order valence-electron chi connectivity index (χ1n) is 16.8. The predicted octanol–water partition coefficient (Wildman–Crippen LogP) is 6.57. The normalized spacial score (nSPS) is 18.6. The minimum Gasteiger partial charge on any atom is -0.436 e. The van der Waals surface area contributed by atoms with Crippen molar-refractivity contribution in [2.45, 2.75) is 70.9 Å². The van der Waals surface area contributed by atoms with Crippen LogP contribution in [0.5, 0.6) is 0 Å². The van der Waals surface area contributed by atoms with Gasteiger partial charge in [0.05, 0.1) is 10.0 Å². The number of urea groups is 1. The number of carbonyl (C=O) groups excluding carboxylic acids is 3. The molecule has 9 nitrogen and oxygen atoms in total. The number of para-hydroxylation sites is 1. The lowest BCUT2D eigenvalue weighted by atomic mass is 9.92. The number of amides is 4.